The van der Waals surface area contributed by atoms with Gasteiger partial charge in [0.25, 0.3) is 5.95 Å². The largest absolute Gasteiger partial charge is 0.465 e. The van der Waals surface area contributed by atoms with Gasteiger partial charge >= 0.3 is 0 Å². The molecule has 0 spiro atoms. The molecule has 0 saturated carbocycles. The lowest BCUT2D eigenvalue weighted by molar-refractivity contribution is 0.248. The predicted molar refractivity (Wildman–Crippen MR) is 107 cm³/mol. The van der Waals surface area contributed by atoms with Crippen molar-refractivity contribution in [2.24, 2.45) is 0 Å². The molecule has 0 aliphatic rings. The first-order chi connectivity index (χ1) is 13.3. The van der Waals surface area contributed by atoms with Crippen LogP contribution in [-0.2, 0) is 0 Å². The van der Waals surface area contributed by atoms with Gasteiger partial charge in [0.1, 0.15) is 11.1 Å². The molecule has 2 aromatic carbocycles. The third-order valence-electron chi connectivity index (χ3n) is 4.32. The Labute approximate surface area is 157 Å². The van der Waals surface area contributed by atoms with E-state index in [1.807, 2.05) is 67.6 Å². The molecule has 2 aromatic heterocycles. The van der Waals surface area contributed by atoms with E-state index in [2.05, 4.69) is 4.98 Å². The highest BCUT2D eigenvalue weighted by molar-refractivity contribution is 5.87. The molecule has 27 heavy (non-hydrogen) atoms. The number of ether oxygens (including phenoxy) is 1. The van der Waals surface area contributed by atoms with Crippen LogP contribution in [0.3, 0.4) is 0 Å². The van der Waals surface area contributed by atoms with E-state index in [1.165, 1.54) is 0 Å². The molecule has 4 rings (SSSR count). The number of aromatic nitrogens is 1. The lowest BCUT2D eigenvalue weighted by Crippen LogP contribution is -2.09. The smallest absolute Gasteiger partial charge is 0.297 e. The minimum atomic E-state index is -0.0962. The van der Waals surface area contributed by atoms with Crippen molar-refractivity contribution in [1.82, 2.24) is 4.98 Å². The van der Waals surface area contributed by atoms with Crippen molar-refractivity contribution < 1.29 is 9.15 Å². The number of rotatable bonds is 5. The SMILES string of the molecule is CCCOc1oc2cc(-c3ccccn3)ccc2c(=O)c1-c1ccccc1. The second-order valence-corrected chi connectivity index (χ2v) is 6.23. The molecule has 0 bridgehead atoms. The highest BCUT2D eigenvalue weighted by atomic mass is 16.6. The van der Waals surface area contributed by atoms with Gasteiger partial charge in [-0.15, -0.1) is 0 Å². The van der Waals surface area contributed by atoms with E-state index in [4.69, 9.17) is 9.15 Å². The van der Waals surface area contributed by atoms with Gasteiger partial charge in [0.15, 0.2) is 0 Å². The summed E-state index contributed by atoms with van der Waals surface area (Å²) in [6.45, 7) is 2.49. The van der Waals surface area contributed by atoms with Gasteiger partial charge in [-0.05, 0) is 36.2 Å². The van der Waals surface area contributed by atoms with Crippen LogP contribution in [0.5, 0.6) is 5.95 Å². The molecule has 0 fully saturated rings. The fourth-order valence-electron chi connectivity index (χ4n) is 3.02. The maximum atomic E-state index is 13.2. The van der Waals surface area contributed by atoms with Crippen LogP contribution >= 0.6 is 0 Å². The van der Waals surface area contributed by atoms with Crippen molar-refractivity contribution >= 4 is 11.0 Å². The molecule has 0 amide bonds. The van der Waals surface area contributed by atoms with Gasteiger partial charge < -0.3 is 9.15 Å². The number of hydrogen-bond acceptors (Lipinski definition) is 4. The Bertz CT molecular complexity index is 1120. The molecule has 4 aromatic rings. The zero-order chi connectivity index (χ0) is 18.6. The van der Waals surface area contributed by atoms with E-state index in [0.717, 1.165) is 23.2 Å². The summed E-state index contributed by atoms with van der Waals surface area (Å²) in [6, 6.07) is 20.7. The maximum Gasteiger partial charge on any atom is 0.297 e. The lowest BCUT2D eigenvalue weighted by Gasteiger charge is -2.11. The van der Waals surface area contributed by atoms with Gasteiger partial charge in [-0.3, -0.25) is 9.78 Å². The summed E-state index contributed by atoms with van der Waals surface area (Å²) in [5, 5.41) is 0.525. The highest BCUT2D eigenvalue weighted by Gasteiger charge is 2.18. The van der Waals surface area contributed by atoms with Crippen LogP contribution in [0, 0.1) is 0 Å². The Morgan fingerprint density at radius 1 is 0.963 bits per heavy atom. The van der Waals surface area contributed by atoms with Crippen LogP contribution in [0.15, 0.2) is 82.1 Å². The molecule has 4 nitrogen and oxygen atoms in total. The summed E-state index contributed by atoms with van der Waals surface area (Å²) < 4.78 is 11.8. The van der Waals surface area contributed by atoms with E-state index in [9.17, 15) is 4.79 Å². The number of benzene rings is 2. The van der Waals surface area contributed by atoms with Crippen LogP contribution in [-0.4, -0.2) is 11.6 Å². The van der Waals surface area contributed by atoms with Crippen molar-refractivity contribution in [3.8, 4) is 28.3 Å². The zero-order valence-corrected chi connectivity index (χ0v) is 15.0. The molecule has 0 radical (unpaired) electrons. The van der Waals surface area contributed by atoms with Crippen molar-refractivity contribution in [3.63, 3.8) is 0 Å². The molecular weight excluding hydrogens is 338 g/mol. The van der Waals surface area contributed by atoms with Gasteiger partial charge in [0, 0.05) is 11.8 Å². The van der Waals surface area contributed by atoms with Crippen LogP contribution in [0.1, 0.15) is 13.3 Å². The summed E-state index contributed by atoms with van der Waals surface area (Å²) in [7, 11) is 0. The standard InChI is InChI=1S/C23H19NO3/c1-2-14-26-23-21(16-8-4-3-5-9-16)22(25)18-12-11-17(15-20(18)27-23)19-10-6-7-13-24-19/h3-13,15H,2,14H2,1H3. The van der Waals surface area contributed by atoms with Crippen LogP contribution in [0.2, 0.25) is 0 Å². The Morgan fingerprint density at radius 3 is 2.52 bits per heavy atom. The third-order valence-corrected chi connectivity index (χ3v) is 4.32. The predicted octanol–water partition coefficient (Wildman–Crippen LogP) is 5.31. The Balaban J connectivity index is 1.93. The lowest BCUT2D eigenvalue weighted by atomic mass is 10.0. The number of hydrogen-bond donors (Lipinski definition) is 0. The molecule has 2 heterocycles. The Hall–Kier alpha value is -3.40. The van der Waals surface area contributed by atoms with Crippen molar-refractivity contribution in [3.05, 3.63) is 83.2 Å². The highest BCUT2D eigenvalue weighted by Crippen LogP contribution is 2.32. The summed E-state index contributed by atoms with van der Waals surface area (Å²) in [6.07, 6.45) is 2.56. The summed E-state index contributed by atoms with van der Waals surface area (Å²) >= 11 is 0. The first kappa shape index (κ1) is 17.0. The van der Waals surface area contributed by atoms with E-state index >= 15 is 0 Å². The average molecular weight is 357 g/mol. The van der Waals surface area contributed by atoms with Crippen molar-refractivity contribution in [2.75, 3.05) is 6.61 Å². The van der Waals surface area contributed by atoms with E-state index in [-0.39, 0.29) is 11.4 Å². The number of fused-ring (bicyclic) bond motifs is 1. The molecule has 0 N–H and O–H groups in total. The molecule has 0 unspecified atom stereocenters. The maximum absolute atomic E-state index is 13.2. The van der Waals surface area contributed by atoms with Crippen LogP contribution in [0.4, 0.5) is 0 Å². The van der Waals surface area contributed by atoms with Gasteiger partial charge in [-0.25, -0.2) is 0 Å². The van der Waals surface area contributed by atoms with Gasteiger partial charge in [0.2, 0.25) is 5.43 Å². The third kappa shape index (κ3) is 3.34. The van der Waals surface area contributed by atoms with Crippen molar-refractivity contribution in [2.45, 2.75) is 13.3 Å². The fourth-order valence-corrected chi connectivity index (χ4v) is 3.02. The minimum absolute atomic E-state index is 0.0962. The van der Waals surface area contributed by atoms with E-state index < -0.39 is 0 Å². The van der Waals surface area contributed by atoms with Crippen molar-refractivity contribution in [1.29, 1.82) is 0 Å². The van der Waals surface area contributed by atoms with Crippen LogP contribution < -0.4 is 10.2 Å². The first-order valence-electron chi connectivity index (χ1n) is 8.98. The normalized spacial score (nSPS) is 10.9. The fraction of sp³-hybridized carbons (Fsp3) is 0.130. The molecule has 0 aliphatic carbocycles. The van der Waals surface area contributed by atoms with Gasteiger partial charge in [-0.1, -0.05) is 49.4 Å². The molecular formula is C23H19NO3. The Morgan fingerprint density at radius 2 is 1.78 bits per heavy atom. The number of nitrogens with zero attached hydrogens (tertiary/aromatic N) is 1. The summed E-state index contributed by atoms with van der Waals surface area (Å²) in [5.74, 6) is 0.263. The second-order valence-electron chi connectivity index (χ2n) is 6.23. The molecule has 0 atom stereocenters. The zero-order valence-electron chi connectivity index (χ0n) is 15.0. The topological polar surface area (TPSA) is 52.3 Å². The summed E-state index contributed by atoms with van der Waals surface area (Å²) in [4.78, 5) is 17.6. The summed E-state index contributed by atoms with van der Waals surface area (Å²) in [5.41, 5.74) is 3.36. The van der Waals surface area contributed by atoms with Gasteiger partial charge in [-0.2, -0.15) is 0 Å². The first-order valence-corrected chi connectivity index (χ1v) is 8.98. The van der Waals surface area contributed by atoms with E-state index in [0.29, 0.717) is 23.1 Å². The average Bonchev–Trinajstić information content (AvgIpc) is 2.73. The second kappa shape index (κ2) is 7.46. The molecule has 0 aliphatic heterocycles. The van der Waals surface area contributed by atoms with Crippen LogP contribution in [0.25, 0.3) is 33.4 Å². The molecule has 134 valence electrons. The minimum Gasteiger partial charge on any atom is -0.465 e. The van der Waals surface area contributed by atoms with Gasteiger partial charge in [0.05, 0.1) is 17.7 Å². The molecule has 0 saturated heterocycles. The monoisotopic (exact) mass is 357 g/mol. The number of pyridine rings is 1. The van der Waals surface area contributed by atoms with E-state index in [1.54, 1.807) is 12.3 Å². The quantitative estimate of drug-likeness (QED) is 0.486. The molecule has 4 heteroatoms. The Kier molecular flexibility index (Phi) is 4.71.